The molecule has 4 rings (SSSR count). The van der Waals surface area contributed by atoms with E-state index in [4.69, 9.17) is 4.74 Å². The number of benzene rings is 2. The summed E-state index contributed by atoms with van der Waals surface area (Å²) in [6.07, 6.45) is 2.84. The normalized spacial score (nSPS) is 13.9. The first-order valence-electron chi connectivity index (χ1n) is 11.6. The fraction of sp³-hybridized carbons (Fsp3) is 0.308. The molecule has 1 unspecified atom stereocenters. The molecule has 2 amide bonds. The van der Waals surface area contributed by atoms with Crippen molar-refractivity contribution in [3.8, 4) is 11.1 Å². The molecule has 0 aliphatic heterocycles. The van der Waals surface area contributed by atoms with Gasteiger partial charge in [-0.15, -0.1) is 0 Å². The van der Waals surface area contributed by atoms with Crippen LogP contribution in [-0.4, -0.2) is 51.7 Å². The van der Waals surface area contributed by atoms with E-state index in [1.165, 1.54) is 12.5 Å². The minimum absolute atomic E-state index is 0.0599. The molecule has 182 valence electrons. The number of H-pyrrole nitrogens is 1. The van der Waals surface area contributed by atoms with E-state index in [0.717, 1.165) is 22.3 Å². The highest BCUT2D eigenvalue weighted by atomic mass is 16.5. The first-order valence-corrected chi connectivity index (χ1v) is 11.6. The fourth-order valence-electron chi connectivity index (χ4n) is 4.40. The number of amides is 2. The summed E-state index contributed by atoms with van der Waals surface area (Å²) in [6.45, 7) is 2.01. The van der Waals surface area contributed by atoms with E-state index in [-0.39, 0.29) is 25.4 Å². The van der Waals surface area contributed by atoms with Gasteiger partial charge in [-0.05, 0) is 28.7 Å². The van der Waals surface area contributed by atoms with Gasteiger partial charge in [0, 0.05) is 36.7 Å². The molecule has 2 atom stereocenters. The molecule has 9 nitrogen and oxygen atoms in total. The van der Waals surface area contributed by atoms with E-state index in [9.17, 15) is 19.5 Å². The van der Waals surface area contributed by atoms with Gasteiger partial charge in [-0.3, -0.25) is 4.79 Å². The lowest BCUT2D eigenvalue weighted by Gasteiger charge is -2.20. The van der Waals surface area contributed by atoms with Crippen molar-refractivity contribution >= 4 is 18.0 Å². The molecule has 1 aliphatic carbocycles. The number of aromatic nitrogens is 2. The van der Waals surface area contributed by atoms with Crippen LogP contribution in [0.25, 0.3) is 11.1 Å². The first kappa shape index (κ1) is 24.0. The fourth-order valence-corrected chi connectivity index (χ4v) is 4.40. The third-order valence-electron chi connectivity index (χ3n) is 6.20. The second-order valence-corrected chi connectivity index (χ2v) is 8.52. The highest BCUT2D eigenvalue weighted by Gasteiger charge is 2.29. The molecular formula is C26H28N4O5. The van der Waals surface area contributed by atoms with Crippen LogP contribution in [0.3, 0.4) is 0 Å². The van der Waals surface area contributed by atoms with Crippen LogP contribution in [0.15, 0.2) is 61.1 Å². The van der Waals surface area contributed by atoms with Gasteiger partial charge in [-0.1, -0.05) is 55.5 Å². The Morgan fingerprint density at radius 2 is 1.71 bits per heavy atom. The average Bonchev–Trinajstić information content (AvgIpc) is 3.48. The molecule has 1 heterocycles. The summed E-state index contributed by atoms with van der Waals surface area (Å²) in [7, 11) is 0. The molecule has 0 saturated carbocycles. The Labute approximate surface area is 202 Å². The molecule has 0 radical (unpaired) electrons. The highest BCUT2D eigenvalue weighted by Crippen LogP contribution is 2.44. The number of aromatic amines is 1. The third-order valence-corrected chi connectivity index (χ3v) is 6.20. The lowest BCUT2D eigenvalue weighted by atomic mass is 9.98. The molecule has 0 fully saturated rings. The van der Waals surface area contributed by atoms with E-state index in [2.05, 4.69) is 32.7 Å². The van der Waals surface area contributed by atoms with Gasteiger partial charge in [0.1, 0.15) is 12.6 Å². The molecule has 1 aliphatic rings. The topological polar surface area (TPSA) is 133 Å². The van der Waals surface area contributed by atoms with E-state index >= 15 is 0 Å². The van der Waals surface area contributed by atoms with Crippen LogP contribution in [0.2, 0.25) is 0 Å². The number of carboxylic acid groups (broad SMARTS) is 1. The lowest BCUT2D eigenvalue weighted by Crippen LogP contribution is -2.45. The van der Waals surface area contributed by atoms with Crippen LogP contribution in [-0.2, 0) is 20.7 Å². The summed E-state index contributed by atoms with van der Waals surface area (Å²) < 4.78 is 5.56. The molecule has 0 saturated heterocycles. The molecule has 0 spiro atoms. The first-order chi connectivity index (χ1) is 17.0. The van der Waals surface area contributed by atoms with Gasteiger partial charge in [0.25, 0.3) is 0 Å². The highest BCUT2D eigenvalue weighted by molar-refractivity contribution is 5.84. The van der Waals surface area contributed by atoms with Gasteiger partial charge in [0.2, 0.25) is 5.91 Å². The number of hydrogen-bond acceptors (Lipinski definition) is 5. The van der Waals surface area contributed by atoms with Crippen molar-refractivity contribution in [1.82, 2.24) is 20.6 Å². The van der Waals surface area contributed by atoms with Crippen molar-refractivity contribution in [2.45, 2.75) is 44.2 Å². The largest absolute Gasteiger partial charge is 0.480 e. The Balaban J connectivity index is 1.31. The van der Waals surface area contributed by atoms with Gasteiger partial charge in [0.05, 0.1) is 6.33 Å². The second-order valence-electron chi connectivity index (χ2n) is 8.52. The molecule has 35 heavy (non-hydrogen) atoms. The van der Waals surface area contributed by atoms with E-state index in [0.29, 0.717) is 12.1 Å². The number of carbonyl (C=O) groups is 3. The zero-order chi connectivity index (χ0) is 24.8. The summed E-state index contributed by atoms with van der Waals surface area (Å²) in [5.74, 6) is -1.68. The van der Waals surface area contributed by atoms with Gasteiger partial charge in [0.15, 0.2) is 0 Å². The van der Waals surface area contributed by atoms with Crippen LogP contribution in [0.1, 0.15) is 42.5 Å². The van der Waals surface area contributed by atoms with Crippen molar-refractivity contribution in [3.05, 3.63) is 77.9 Å². The molecule has 0 bridgehead atoms. The zero-order valence-corrected chi connectivity index (χ0v) is 19.4. The molecule has 1 aromatic heterocycles. The predicted molar refractivity (Wildman–Crippen MR) is 129 cm³/mol. The zero-order valence-electron chi connectivity index (χ0n) is 19.4. The number of carbonyl (C=O) groups excluding carboxylic acids is 2. The van der Waals surface area contributed by atoms with Crippen molar-refractivity contribution in [2.24, 2.45) is 0 Å². The van der Waals surface area contributed by atoms with Gasteiger partial charge >= 0.3 is 12.1 Å². The minimum atomic E-state index is -1.15. The van der Waals surface area contributed by atoms with E-state index in [1.54, 1.807) is 0 Å². The number of alkyl carbamates (subject to hydrolysis) is 1. The number of carboxylic acids is 1. The number of aliphatic carboxylic acids is 1. The Morgan fingerprint density at radius 1 is 1.06 bits per heavy atom. The van der Waals surface area contributed by atoms with Crippen LogP contribution in [0, 0.1) is 0 Å². The van der Waals surface area contributed by atoms with Crippen LogP contribution >= 0.6 is 0 Å². The van der Waals surface area contributed by atoms with Crippen molar-refractivity contribution in [2.75, 3.05) is 6.61 Å². The maximum absolute atomic E-state index is 12.5. The summed E-state index contributed by atoms with van der Waals surface area (Å²) in [5.41, 5.74) is 5.11. The third kappa shape index (κ3) is 5.68. The summed E-state index contributed by atoms with van der Waals surface area (Å²) in [6, 6.07) is 14.6. The number of imidazole rings is 1. The van der Waals surface area contributed by atoms with Crippen LogP contribution in [0.5, 0.6) is 0 Å². The Bertz CT molecular complexity index is 1150. The molecule has 4 N–H and O–H groups in total. The Kier molecular flexibility index (Phi) is 7.45. The number of rotatable bonds is 10. The summed E-state index contributed by atoms with van der Waals surface area (Å²) >= 11 is 0. The molecule has 3 aromatic rings. The van der Waals surface area contributed by atoms with Gasteiger partial charge < -0.3 is 25.5 Å². The standard InChI is InChI=1S/C26H28N4O5/c1-2-16(12-24(31)30-23(25(32)33)11-17-13-27-15-28-17)29-26(34)35-14-22-20-9-5-3-7-18(20)19-8-4-6-10-21(19)22/h3-10,13,15-16,22-23H,2,11-12,14H2,1H3,(H,27,28)(H,29,34)(H,30,31)(H,32,33)/t16-,23?/m1/s1. The maximum Gasteiger partial charge on any atom is 0.407 e. The lowest BCUT2D eigenvalue weighted by molar-refractivity contribution is -0.141. The quantitative estimate of drug-likeness (QED) is 0.355. The number of hydrogen-bond donors (Lipinski definition) is 4. The number of nitrogens with one attached hydrogen (secondary N) is 3. The van der Waals surface area contributed by atoms with E-state index < -0.39 is 30.1 Å². The molecule has 2 aromatic carbocycles. The van der Waals surface area contributed by atoms with Gasteiger partial charge in [-0.2, -0.15) is 0 Å². The molecule has 9 heteroatoms. The second kappa shape index (κ2) is 10.9. The Morgan fingerprint density at radius 3 is 2.29 bits per heavy atom. The van der Waals surface area contributed by atoms with Crippen LogP contribution < -0.4 is 10.6 Å². The van der Waals surface area contributed by atoms with Gasteiger partial charge in [-0.25, -0.2) is 14.6 Å². The van der Waals surface area contributed by atoms with Crippen molar-refractivity contribution < 1.29 is 24.2 Å². The average molecular weight is 477 g/mol. The monoisotopic (exact) mass is 476 g/mol. The van der Waals surface area contributed by atoms with Crippen LogP contribution in [0.4, 0.5) is 4.79 Å². The maximum atomic E-state index is 12.5. The molecular weight excluding hydrogens is 448 g/mol. The summed E-state index contributed by atoms with van der Waals surface area (Å²) in [5, 5.41) is 14.7. The Hall–Kier alpha value is -4.14. The number of nitrogens with zero attached hydrogens (tertiary/aromatic N) is 1. The van der Waals surface area contributed by atoms with Crippen molar-refractivity contribution in [1.29, 1.82) is 0 Å². The minimum Gasteiger partial charge on any atom is -0.480 e. The number of ether oxygens (including phenoxy) is 1. The van der Waals surface area contributed by atoms with Crippen molar-refractivity contribution in [3.63, 3.8) is 0 Å². The smallest absolute Gasteiger partial charge is 0.407 e. The number of fused-ring (bicyclic) bond motifs is 3. The van der Waals surface area contributed by atoms with E-state index in [1.807, 2.05) is 43.3 Å². The predicted octanol–water partition coefficient (Wildman–Crippen LogP) is 3.23. The SMILES string of the molecule is CC[C@H](CC(=O)NC(Cc1cnc[nH]1)C(=O)O)NC(=O)OCC1c2ccccc2-c2ccccc21. The summed E-state index contributed by atoms with van der Waals surface area (Å²) in [4.78, 5) is 43.3.